The van der Waals surface area contributed by atoms with E-state index in [1.54, 1.807) is 6.07 Å². The van der Waals surface area contributed by atoms with Gasteiger partial charge < -0.3 is 0 Å². The minimum absolute atomic E-state index is 0.279. The Morgan fingerprint density at radius 3 is 2.75 bits per heavy atom. The molecule has 0 N–H and O–H groups in total. The lowest BCUT2D eigenvalue weighted by molar-refractivity contribution is 1.28. The van der Waals surface area contributed by atoms with E-state index in [4.69, 9.17) is 28.5 Å². The van der Waals surface area contributed by atoms with Gasteiger partial charge in [-0.25, -0.2) is 4.98 Å². The Bertz CT molecular complexity index is 557. The molecule has 1 aromatic carbocycles. The van der Waals surface area contributed by atoms with Gasteiger partial charge in [-0.2, -0.15) is 5.26 Å². The second-order valence-corrected chi connectivity index (χ2v) is 4.90. The molecule has 0 aliphatic rings. The molecule has 0 saturated heterocycles. The molecule has 0 unspecified atom stereocenters. The first kappa shape index (κ1) is 11.4. The van der Waals surface area contributed by atoms with Crippen molar-refractivity contribution >= 4 is 34.5 Å². The maximum absolute atomic E-state index is 8.62. The lowest BCUT2D eigenvalue weighted by Gasteiger charge is -1.97. The second kappa shape index (κ2) is 4.84. The van der Waals surface area contributed by atoms with E-state index in [9.17, 15) is 0 Å². The molecule has 0 bridgehead atoms. The Morgan fingerprint density at radius 2 is 2.06 bits per heavy atom. The normalized spacial score (nSPS) is 10.1. The fraction of sp³-hybridized carbons (Fsp3) is 0.0909. The van der Waals surface area contributed by atoms with Gasteiger partial charge in [-0.05, 0) is 6.07 Å². The maximum atomic E-state index is 8.62. The standard InChI is InChI=1S/C11H6Cl2N2S/c12-8-4-2-1-3-7(8)11-15-10(13)9(16-11)5-6-14/h1-4H,5H2. The van der Waals surface area contributed by atoms with Gasteiger partial charge in [0.2, 0.25) is 0 Å². The highest BCUT2D eigenvalue weighted by atomic mass is 35.5. The molecule has 80 valence electrons. The first-order valence-electron chi connectivity index (χ1n) is 4.49. The Hall–Kier alpha value is -1.08. The summed E-state index contributed by atoms with van der Waals surface area (Å²) >= 11 is 13.4. The third-order valence-corrected chi connectivity index (χ3v) is 3.84. The van der Waals surface area contributed by atoms with Crippen molar-refractivity contribution in [2.24, 2.45) is 0 Å². The van der Waals surface area contributed by atoms with Crippen LogP contribution in [-0.4, -0.2) is 4.98 Å². The number of benzene rings is 1. The minimum Gasteiger partial charge on any atom is -0.224 e. The van der Waals surface area contributed by atoms with Gasteiger partial charge in [0.1, 0.15) is 10.2 Å². The van der Waals surface area contributed by atoms with Crippen LogP contribution in [0.5, 0.6) is 0 Å². The fourth-order valence-corrected chi connectivity index (χ4v) is 2.79. The van der Waals surface area contributed by atoms with Crippen LogP contribution in [0.1, 0.15) is 4.88 Å². The zero-order chi connectivity index (χ0) is 11.5. The van der Waals surface area contributed by atoms with Crippen LogP contribution in [0.2, 0.25) is 10.2 Å². The summed E-state index contributed by atoms with van der Waals surface area (Å²) in [4.78, 5) is 4.99. The van der Waals surface area contributed by atoms with Crippen LogP contribution in [0, 0.1) is 11.3 Å². The Balaban J connectivity index is 2.46. The van der Waals surface area contributed by atoms with E-state index >= 15 is 0 Å². The van der Waals surface area contributed by atoms with Crippen molar-refractivity contribution in [1.29, 1.82) is 5.26 Å². The molecule has 0 spiro atoms. The van der Waals surface area contributed by atoms with Gasteiger partial charge in [-0.15, -0.1) is 11.3 Å². The van der Waals surface area contributed by atoms with Crippen LogP contribution in [0.3, 0.4) is 0 Å². The van der Waals surface area contributed by atoms with Crippen molar-refractivity contribution in [2.75, 3.05) is 0 Å². The van der Waals surface area contributed by atoms with Crippen molar-refractivity contribution in [3.8, 4) is 16.6 Å². The van der Waals surface area contributed by atoms with Gasteiger partial charge >= 0.3 is 0 Å². The van der Waals surface area contributed by atoms with Crippen molar-refractivity contribution in [3.63, 3.8) is 0 Å². The average molecular weight is 269 g/mol. The number of rotatable bonds is 2. The smallest absolute Gasteiger partial charge is 0.144 e. The maximum Gasteiger partial charge on any atom is 0.144 e. The SMILES string of the molecule is N#CCc1sc(-c2ccccc2Cl)nc1Cl. The van der Waals surface area contributed by atoms with Gasteiger partial charge in [0.25, 0.3) is 0 Å². The summed E-state index contributed by atoms with van der Waals surface area (Å²) in [6.45, 7) is 0. The molecule has 0 amide bonds. The minimum atomic E-state index is 0.279. The van der Waals surface area contributed by atoms with E-state index in [0.29, 0.717) is 10.2 Å². The molecule has 2 aromatic rings. The van der Waals surface area contributed by atoms with E-state index in [2.05, 4.69) is 11.1 Å². The predicted molar refractivity (Wildman–Crippen MR) is 66.9 cm³/mol. The number of thiazole rings is 1. The van der Waals surface area contributed by atoms with E-state index in [0.717, 1.165) is 15.4 Å². The van der Waals surface area contributed by atoms with Crippen LogP contribution < -0.4 is 0 Å². The number of aromatic nitrogens is 1. The molecule has 0 atom stereocenters. The number of hydrogen-bond donors (Lipinski definition) is 0. The summed E-state index contributed by atoms with van der Waals surface area (Å²) in [7, 11) is 0. The molecule has 2 rings (SSSR count). The molecular formula is C11H6Cl2N2S. The van der Waals surface area contributed by atoms with E-state index < -0.39 is 0 Å². The third-order valence-electron chi connectivity index (χ3n) is 1.99. The summed E-state index contributed by atoms with van der Waals surface area (Å²) in [5.41, 5.74) is 0.847. The Labute approximate surface area is 107 Å². The van der Waals surface area contributed by atoms with Crippen LogP contribution in [0.15, 0.2) is 24.3 Å². The molecule has 0 saturated carbocycles. The highest BCUT2D eigenvalue weighted by Gasteiger charge is 2.12. The summed E-state index contributed by atoms with van der Waals surface area (Å²) in [6, 6.07) is 9.49. The Kier molecular flexibility index (Phi) is 3.45. The molecule has 0 aliphatic carbocycles. The average Bonchev–Trinajstić information content (AvgIpc) is 2.61. The lowest BCUT2D eigenvalue weighted by atomic mass is 10.2. The Morgan fingerprint density at radius 1 is 1.31 bits per heavy atom. The topological polar surface area (TPSA) is 36.7 Å². The van der Waals surface area contributed by atoms with Crippen LogP contribution >= 0.6 is 34.5 Å². The van der Waals surface area contributed by atoms with Crippen LogP contribution in [0.25, 0.3) is 10.6 Å². The molecule has 5 heteroatoms. The molecule has 0 fully saturated rings. The highest BCUT2D eigenvalue weighted by Crippen LogP contribution is 2.34. The van der Waals surface area contributed by atoms with Crippen molar-refractivity contribution in [3.05, 3.63) is 39.3 Å². The molecular weight excluding hydrogens is 263 g/mol. The summed E-state index contributed by atoms with van der Waals surface area (Å²) in [5.74, 6) is 0. The van der Waals surface area contributed by atoms with Crippen molar-refractivity contribution in [2.45, 2.75) is 6.42 Å². The number of nitrogens with zero attached hydrogens (tertiary/aromatic N) is 2. The fourth-order valence-electron chi connectivity index (χ4n) is 1.26. The van der Waals surface area contributed by atoms with Crippen LogP contribution in [0.4, 0.5) is 0 Å². The van der Waals surface area contributed by atoms with Crippen molar-refractivity contribution in [1.82, 2.24) is 4.98 Å². The van der Waals surface area contributed by atoms with Gasteiger partial charge in [-0.1, -0.05) is 41.4 Å². The first-order chi connectivity index (χ1) is 7.72. The largest absolute Gasteiger partial charge is 0.224 e. The summed E-state index contributed by atoms with van der Waals surface area (Å²) in [5, 5.41) is 10.4. The zero-order valence-corrected chi connectivity index (χ0v) is 10.4. The third kappa shape index (κ3) is 2.19. The number of nitriles is 1. The van der Waals surface area contributed by atoms with Gasteiger partial charge in [0, 0.05) is 5.56 Å². The summed E-state index contributed by atoms with van der Waals surface area (Å²) in [6.07, 6.45) is 0.279. The highest BCUT2D eigenvalue weighted by molar-refractivity contribution is 7.15. The van der Waals surface area contributed by atoms with Gasteiger partial charge in [-0.3, -0.25) is 0 Å². The lowest BCUT2D eigenvalue weighted by Crippen LogP contribution is -1.76. The van der Waals surface area contributed by atoms with Crippen LogP contribution in [-0.2, 0) is 6.42 Å². The zero-order valence-electron chi connectivity index (χ0n) is 8.08. The molecule has 16 heavy (non-hydrogen) atoms. The molecule has 1 aromatic heterocycles. The molecule has 0 aliphatic heterocycles. The van der Waals surface area contributed by atoms with E-state index in [1.807, 2.05) is 18.2 Å². The number of hydrogen-bond acceptors (Lipinski definition) is 3. The molecule has 0 radical (unpaired) electrons. The number of halogens is 2. The summed E-state index contributed by atoms with van der Waals surface area (Å²) < 4.78 is 0. The predicted octanol–water partition coefficient (Wildman–Crippen LogP) is 4.18. The monoisotopic (exact) mass is 268 g/mol. The van der Waals surface area contributed by atoms with E-state index in [1.165, 1.54) is 11.3 Å². The molecule has 1 heterocycles. The second-order valence-electron chi connectivity index (χ2n) is 3.05. The van der Waals surface area contributed by atoms with E-state index in [-0.39, 0.29) is 6.42 Å². The molecule has 2 nitrogen and oxygen atoms in total. The van der Waals surface area contributed by atoms with Gasteiger partial charge in [0.05, 0.1) is 22.4 Å². The van der Waals surface area contributed by atoms with Gasteiger partial charge in [0.15, 0.2) is 0 Å². The quantitative estimate of drug-likeness (QED) is 0.819. The van der Waals surface area contributed by atoms with Crippen molar-refractivity contribution < 1.29 is 0 Å². The first-order valence-corrected chi connectivity index (χ1v) is 6.06.